The molecular weight excluding hydrogens is 302 g/mol. The van der Waals surface area contributed by atoms with E-state index >= 15 is 0 Å². The molecule has 0 aromatic heterocycles. The largest absolute Gasteiger partial charge is 0.444 e. The summed E-state index contributed by atoms with van der Waals surface area (Å²) in [4.78, 5) is 23.9. The fourth-order valence-corrected chi connectivity index (χ4v) is 2.37. The van der Waals surface area contributed by atoms with E-state index in [0.717, 1.165) is 11.1 Å². The molecule has 0 radical (unpaired) electrons. The quantitative estimate of drug-likeness (QED) is 0.842. The summed E-state index contributed by atoms with van der Waals surface area (Å²) in [5.41, 5.74) is 1.79. The average Bonchev–Trinajstić information content (AvgIpc) is 2.52. The Morgan fingerprint density at radius 2 is 1.58 bits per heavy atom. The molecule has 0 aliphatic carbocycles. The molecule has 0 aliphatic heterocycles. The number of carbonyl (C=O) groups excluding carboxylic acids is 2. The lowest BCUT2D eigenvalue weighted by Crippen LogP contribution is -2.35. The molecule has 24 heavy (non-hydrogen) atoms. The summed E-state index contributed by atoms with van der Waals surface area (Å²) in [7, 11) is 0. The van der Waals surface area contributed by atoms with Gasteiger partial charge in [-0.25, -0.2) is 4.79 Å². The van der Waals surface area contributed by atoms with Crippen LogP contribution >= 0.6 is 0 Å². The molecule has 2 aromatic rings. The maximum absolute atomic E-state index is 12.2. The highest BCUT2D eigenvalue weighted by Crippen LogP contribution is 2.24. The van der Waals surface area contributed by atoms with Crippen molar-refractivity contribution in [2.24, 2.45) is 0 Å². The molecular formula is C20H23NO3. The Hall–Kier alpha value is -2.62. The van der Waals surface area contributed by atoms with Crippen LogP contribution < -0.4 is 5.32 Å². The van der Waals surface area contributed by atoms with E-state index in [4.69, 9.17) is 4.74 Å². The maximum Gasteiger partial charge on any atom is 0.408 e. The fourth-order valence-electron chi connectivity index (χ4n) is 2.37. The molecule has 0 aliphatic rings. The predicted octanol–water partition coefficient (Wildman–Crippen LogP) is 4.50. The van der Waals surface area contributed by atoms with Crippen LogP contribution in [0.15, 0.2) is 54.6 Å². The summed E-state index contributed by atoms with van der Waals surface area (Å²) >= 11 is 0. The Labute approximate surface area is 142 Å². The number of ketones is 1. The molecule has 0 heterocycles. The van der Waals surface area contributed by atoms with E-state index in [1.807, 2.05) is 63.2 Å². The van der Waals surface area contributed by atoms with Gasteiger partial charge in [0.15, 0.2) is 5.78 Å². The molecule has 4 heteroatoms. The van der Waals surface area contributed by atoms with Gasteiger partial charge in [0.05, 0.1) is 6.04 Å². The number of alkyl carbamates (subject to hydrolysis) is 1. The molecule has 0 saturated carbocycles. The van der Waals surface area contributed by atoms with Gasteiger partial charge in [0, 0.05) is 5.56 Å². The minimum absolute atomic E-state index is 0.0130. The summed E-state index contributed by atoms with van der Waals surface area (Å²) in [6, 6.07) is 16.5. The molecule has 0 fully saturated rings. The van der Waals surface area contributed by atoms with Crippen molar-refractivity contribution < 1.29 is 14.3 Å². The van der Waals surface area contributed by atoms with Crippen LogP contribution in [0.4, 0.5) is 4.79 Å². The SMILES string of the molecule is CC(=O)c1cccc([C@@H](NC(=O)OC(C)(C)C)c2ccccc2)c1. The van der Waals surface area contributed by atoms with E-state index < -0.39 is 11.7 Å². The molecule has 0 spiro atoms. The van der Waals surface area contributed by atoms with Crippen molar-refractivity contribution >= 4 is 11.9 Å². The van der Waals surface area contributed by atoms with Gasteiger partial charge < -0.3 is 10.1 Å². The van der Waals surface area contributed by atoms with Gasteiger partial charge in [-0.2, -0.15) is 0 Å². The fraction of sp³-hybridized carbons (Fsp3) is 0.300. The van der Waals surface area contributed by atoms with Crippen LogP contribution in [0.2, 0.25) is 0 Å². The molecule has 1 atom stereocenters. The first kappa shape index (κ1) is 17.7. The van der Waals surface area contributed by atoms with Gasteiger partial charge in [-0.3, -0.25) is 4.79 Å². The van der Waals surface area contributed by atoms with Crippen LogP contribution in [0.25, 0.3) is 0 Å². The molecule has 1 N–H and O–H groups in total. The van der Waals surface area contributed by atoms with E-state index in [1.165, 1.54) is 6.92 Å². The number of hydrogen-bond donors (Lipinski definition) is 1. The number of benzene rings is 2. The minimum Gasteiger partial charge on any atom is -0.444 e. The Balaban J connectivity index is 2.35. The first-order valence-corrected chi connectivity index (χ1v) is 7.91. The highest BCUT2D eigenvalue weighted by Gasteiger charge is 2.22. The highest BCUT2D eigenvalue weighted by molar-refractivity contribution is 5.94. The van der Waals surface area contributed by atoms with Crippen molar-refractivity contribution in [3.05, 3.63) is 71.3 Å². The molecule has 4 nitrogen and oxygen atoms in total. The van der Waals surface area contributed by atoms with Crippen LogP contribution in [0, 0.1) is 0 Å². The highest BCUT2D eigenvalue weighted by atomic mass is 16.6. The van der Waals surface area contributed by atoms with Crippen molar-refractivity contribution in [3.63, 3.8) is 0 Å². The van der Waals surface area contributed by atoms with E-state index in [1.54, 1.807) is 12.1 Å². The van der Waals surface area contributed by atoms with Crippen molar-refractivity contribution in [2.75, 3.05) is 0 Å². The number of amides is 1. The first-order valence-electron chi connectivity index (χ1n) is 7.91. The molecule has 0 bridgehead atoms. The van der Waals surface area contributed by atoms with Crippen LogP contribution in [-0.4, -0.2) is 17.5 Å². The predicted molar refractivity (Wildman–Crippen MR) is 94.1 cm³/mol. The molecule has 1 amide bonds. The van der Waals surface area contributed by atoms with E-state index in [2.05, 4.69) is 5.32 Å². The summed E-state index contributed by atoms with van der Waals surface area (Å²) in [5.74, 6) is -0.0130. The summed E-state index contributed by atoms with van der Waals surface area (Å²) < 4.78 is 5.37. The van der Waals surface area contributed by atoms with Crippen molar-refractivity contribution in [1.82, 2.24) is 5.32 Å². The van der Waals surface area contributed by atoms with Gasteiger partial charge in [-0.15, -0.1) is 0 Å². The number of rotatable bonds is 4. The smallest absolute Gasteiger partial charge is 0.408 e. The second-order valence-corrected chi connectivity index (χ2v) is 6.67. The topological polar surface area (TPSA) is 55.4 Å². The summed E-state index contributed by atoms with van der Waals surface area (Å²) in [6.45, 7) is 6.99. The van der Waals surface area contributed by atoms with Crippen LogP contribution in [0.5, 0.6) is 0 Å². The molecule has 2 rings (SSSR count). The normalized spacial score (nSPS) is 12.3. The Morgan fingerprint density at radius 1 is 0.958 bits per heavy atom. The van der Waals surface area contributed by atoms with Crippen LogP contribution in [0.3, 0.4) is 0 Å². The average molecular weight is 325 g/mol. The van der Waals surface area contributed by atoms with Crippen molar-refractivity contribution in [3.8, 4) is 0 Å². The van der Waals surface area contributed by atoms with Gasteiger partial charge in [-0.05, 0) is 44.9 Å². The number of nitrogens with one attached hydrogen (secondary N) is 1. The summed E-state index contributed by atoms with van der Waals surface area (Å²) in [6.07, 6.45) is -0.496. The van der Waals surface area contributed by atoms with Gasteiger partial charge in [-0.1, -0.05) is 48.5 Å². The van der Waals surface area contributed by atoms with E-state index in [0.29, 0.717) is 5.56 Å². The Bertz CT molecular complexity index is 717. The van der Waals surface area contributed by atoms with Gasteiger partial charge in [0.25, 0.3) is 0 Å². The van der Waals surface area contributed by atoms with Crippen LogP contribution in [0.1, 0.15) is 55.2 Å². The zero-order chi connectivity index (χ0) is 17.7. The molecule has 126 valence electrons. The van der Waals surface area contributed by atoms with Gasteiger partial charge in [0.1, 0.15) is 5.60 Å². The number of carbonyl (C=O) groups is 2. The summed E-state index contributed by atoms with van der Waals surface area (Å²) in [5, 5.41) is 2.90. The Morgan fingerprint density at radius 3 is 2.17 bits per heavy atom. The second-order valence-electron chi connectivity index (χ2n) is 6.67. The lowest BCUT2D eigenvalue weighted by atomic mass is 9.96. The minimum atomic E-state index is -0.577. The van der Waals surface area contributed by atoms with Crippen molar-refractivity contribution in [2.45, 2.75) is 39.3 Å². The Kier molecular flexibility index (Phi) is 5.39. The monoisotopic (exact) mass is 325 g/mol. The lowest BCUT2D eigenvalue weighted by molar-refractivity contribution is 0.0512. The van der Waals surface area contributed by atoms with E-state index in [9.17, 15) is 9.59 Å². The third-order valence-corrected chi connectivity index (χ3v) is 3.42. The number of Topliss-reactive ketones (excluding diaryl/α,β-unsaturated/α-hetero) is 1. The third kappa shape index (κ3) is 4.95. The first-order chi connectivity index (χ1) is 11.3. The lowest BCUT2D eigenvalue weighted by Gasteiger charge is -2.24. The zero-order valence-electron chi connectivity index (χ0n) is 14.5. The maximum atomic E-state index is 12.2. The number of ether oxygens (including phenoxy) is 1. The molecule has 0 unspecified atom stereocenters. The molecule has 0 saturated heterocycles. The second kappa shape index (κ2) is 7.30. The number of hydrogen-bond acceptors (Lipinski definition) is 3. The van der Waals surface area contributed by atoms with Gasteiger partial charge in [0.2, 0.25) is 0 Å². The van der Waals surface area contributed by atoms with E-state index in [-0.39, 0.29) is 11.8 Å². The van der Waals surface area contributed by atoms with Crippen LogP contribution in [-0.2, 0) is 4.74 Å². The van der Waals surface area contributed by atoms with Crippen molar-refractivity contribution in [1.29, 1.82) is 0 Å². The molecule has 2 aromatic carbocycles. The standard InChI is InChI=1S/C20H23NO3/c1-14(22)16-11-8-12-17(13-16)18(15-9-6-5-7-10-15)21-19(23)24-20(2,3)4/h5-13,18H,1-4H3,(H,21,23)/t18-/m0/s1. The zero-order valence-corrected chi connectivity index (χ0v) is 14.5. The van der Waals surface area contributed by atoms with Gasteiger partial charge >= 0.3 is 6.09 Å². The third-order valence-electron chi connectivity index (χ3n) is 3.42.